The van der Waals surface area contributed by atoms with Crippen molar-refractivity contribution in [2.75, 3.05) is 0 Å². The molecule has 3 amide bonds. The van der Waals surface area contributed by atoms with Crippen molar-refractivity contribution in [3.8, 4) is 5.69 Å². The Morgan fingerprint density at radius 3 is 2.58 bits per heavy atom. The smallest absolute Gasteiger partial charge is 0.255 e. The highest BCUT2D eigenvalue weighted by atomic mass is 19.1. The van der Waals surface area contributed by atoms with Gasteiger partial charge in [-0.25, -0.2) is 4.39 Å². The summed E-state index contributed by atoms with van der Waals surface area (Å²) in [7, 11) is 0. The summed E-state index contributed by atoms with van der Waals surface area (Å²) in [6.07, 6.45) is 3.93. The monoisotopic (exact) mass is 327 g/mol. The number of carbonyl (C=O) groups excluding carboxylic acids is 3. The summed E-state index contributed by atoms with van der Waals surface area (Å²) in [6, 6.07) is 5.73. The maximum atomic E-state index is 14.4. The van der Waals surface area contributed by atoms with Gasteiger partial charge >= 0.3 is 0 Å². The lowest BCUT2D eigenvalue weighted by molar-refractivity contribution is -0.136. The number of nitrogens with zero attached hydrogens (tertiary/aromatic N) is 2. The first kappa shape index (κ1) is 14.6. The quantitative estimate of drug-likeness (QED) is 0.847. The van der Waals surface area contributed by atoms with Crippen LogP contribution in [-0.2, 0) is 16.1 Å². The number of rotatable bonds is 2. The maximum absolute atomic E-state index is 14.4. The first-order valence-electron chi connectivity index (χ1n) is 7.65. The van der Waals surface area contributed by atoms with E-state index in [4.69, 9.17) is 0 Å². The third kappa shape index (κ3) is 2.20. The van der Waals surface area contributed by atoms with E-state index < -0.39 is 17.8 Å². The molecular formula is C17H14FN3O3. The lowest BCUT2D eigenvalue weighted by atomic mass is 10.0. The molecule has 6 nitrogen and oxygen atoms in total. The normalized spacial score (nSPS) is 20.3. The Hall–Kier alpha value is -2.96. The Bertz CT molecular complexity index is 860. The zero-order valence-corrected chi connectivity index (χ0v) is 12.7. The van der Waals surface area contributed by atoms with Crippen molar-refractivity contribution in [3.63, 3.8) is 0 Å². The molecule has 1 atom stereocenters. The zero-order valence-electron chi connectivity index (χ0n) is 12.7. The van der Waals surface area contributed by atoms with Crippen molar-refractivity contribution in [1.29, 1.82) is 0 Å². The van der Waals surface area contributed by atoms with Gasteiger partial charge in [0.05, 0.1) is 5.69 Å². The summed E-state index contributed by atoms with van der Waals surface area (Å²) < 4.78 is 16.0. The van der Waals surface area contributed by atoms with Gasteiger partial charge in [-0.15, -0.1) is 0 Å². The average Bonchev–Trinajstić information content (AvgIpc) is 3.16. The number of carbonyl (C=O) groups is 3. The Balaban J connectivity index is 1.67. The summed E-state index contributed by atoms with van der Waals surface area (Å²) >= 11 is 0. The molecule has 0 bridgehead atoms. The van der Waals surface area contributed by atoms with Gasteiger partial charge in [-0.05, 0) is 36.2 Å². The number of halogens is 1. The molecule has 1 aromatic heterocycles. The molecule has 2 aliphatic rings. The van der Waals surface area contributed by atoms with Crippen LogP contribution in [0.2, 0.25) is 0 Å². The number of imide groups is 1. The van der Waals surface area contributed by atoms with Gasteiger partial charge in [0.1, 0.15) is 11.9 Å². The molecule has 1 aromatic carbocycles. The van der Waals surface area contributed by atoms with Crippen LogP contribution >= 0.6 is 0 Å². The minimum atomic E-state index is -0.694. The molecule has 4 rings (SSSR count). The minimum Gasteiger partial charge on any atom is -0.322 e. The van der Waals surface area contributed by atoms with Gasteiger partial charge in [-0.3, -0.25) is 19.7 Å². The molecule has 2 aliphatic heterocycles. The largest absolute Gasteiger partial charge is 0.322 e. The number of piperidine rings is 1. The van der Waals surface area contributed by atoms with Gasteiger partial charge in [-0.1, -0.05) is 0 Å². The highest BCUT2D eigenvalue weighted by Gasteiger charge is 2.39. The summed E-state index contributed by atoms with van der Waals surface area (Å²) in [4.78, 5) is 37.2. The van der Waals surface area contributed by atoms with E-state index in [-0.39, 0.29) is 36.8 Å². The molecule has 1 unspecified atom stereocenters. The molecule has 7 heteroatoms. The van der Waals surface area contributed by atoms with E-state index in [2.05, 4.69) is 5.32 Å². The first-order valence-corrected chi connectivity index (χ1v) is 7.65. The lowest BCUT2D eigenvalue weighted by Gasteiger charge is -2.29. The fourth-order valence-corrected chi connectivity index (χ4v) is 3.27. The van der Waals surface area contributed by atoms with Gasteiger partial charge in [0.2, 0.25) is 11.8 Å². The maximum Gasteiger partial charge on any atom is 0.255 e. The number of hydrogen-bond acceptors (Lipinski definition) is 3. The Morgan fingerprint density at radius 1 is 1.12 bits per heavy atom. The van der Waals surface area contributed by atoms with Crippen molar-refractivity contribution in [1.82, 2.24) is 14.8 Å². The highest BCUT2D eigenvalue weighted by molar-refractivity contribution is 6.05. The van der Waals surface area contributed by atoms with E-state index in [9.17, 15) is 18.8 Å². The Labute approximate surface area is 136 Å². The molecule has 2 aromatic rings. The topological polar surface area (TPSA) is 71.4 Å². The van der Waals surface area contributed by atoms with Crippen LogP contribution < -0.4 is 5.32 Å². The van der Waals surface area contributed by atoms with E-state index >= 15 is 0 Å². The van der Waals surface area contributed by atoms with Crippen LogP contribution in [-0.4, -0.2) is 33.2 Å². The fraction of sp³-hybridized carbons (Fsp3) is 0.235. The molecule has 0 spiro atoms. The van der Waals surface area contributed by atoms with E-state index in [1.165, 1.54) is 11.0 Å². The van der Waals surface area contributed by atoms with Crippen molar-refractivity contribution in [3.05, 3.63) is 53.6 Å². The molecular weight excluding hydrogens is 313 g/mol. The Morgan fingerprint density at radius 2 is 1.88 bits per heavy atom. The predicted octanol–water partition coefficient (Wildman–Crippen LogP) is 1.38. The molecule has 122 valence electrons. The van der Waals surface area contributed by atoms with Crippen LogP contribution in [0.5, 0.6) is 0 Å². The second kappa shape index (κ2) is 5.30. The summed E-state index contributed by atoms with van der Waals surface area (Å²) in [5, 5.41) is 2.25. The first-order chi connectivity index (χ1) is 11.5. The van der Waals surface area contributed by atoms with Crippen LogP contribution in [0, 0.1) is 5.82 Å². The fourth-order valence-electron chi connectivity index (χ4n) is 3.27. The highest BCUT2D eigenvalue weighted by Crippen LogP contribution is 2.30. The third-order valence-electron chi connectivity index (χ3n) is 4.47. The SMILES string of the molecule is O=C1CCC(N2Cc3cc(-n4cccc4)c(F)cc3C2=O)C(=O)N1. The lowest BCUT2D eigenvalue weighted by Crippen LogP contribution is -2.52. The average molecular weight is 327 g/mol. The van der Waals surface area contributed by atoms with Crippen molar-refractivity contribution in [2.24, 2.45) is 0 Å². The second-order valence-electron chi connectivity index (χ2n) is 5.95. The van der Waals surface area contributed by atoms with Gasteiger partial charge < -0.3 is 9.47 Å². The molecule has 1 N–H and O–H groups in total. The van der Waals surface area contributed by atoms with Gasteiger partial charge in [0.25, 0.3) is 5.91 Å². The van der Waals surface area contributed by atoms with Crippen LogP contribution in [0.25, 0.3) is 5.69 Å². The van der Waals surface area contributed by atoms with Crippen molar-refractivity contribution in [2.45, 2.75) is 25.4 Å². The number of benzene rings is 1. The van der Waals surface area contributed by atoms with E-state index in [0.717, 1.165) is 0 Å². The van der Waals surface area contributed by atoms with E-state index in [1.54, 1.807) is 35.2 Å². The molecule has 1 saturated heterocycles. The third-order valence-corrected chi connectivity index (χ3v) is 4.47. The van der Waals surface area contributed by atoms with Crippen LogP contribution in [0.1, 0.15) is 28.8 Å². The standard InChI is InChI=1S/C17H14FN3O3/c18-12-8-11-10(7-14(12)20-5-1-2-6-20)9-21(17(11)24)13-3-4-15(22)19-16(13)23/h1-2,5-8,13H,3-4,9H2,(H,19,22,23). The van der Waals surface area contributed by atoms with Crippen LogP contribution in [0.4, 0.5) is 4.39 Å². The zero-order chi connectivity index (χ0) is 16.8. The summed E-state index contributed by atoms with van der Waals surface area (Å²) in [5.41, 5.74) is 1.31. The summed E-state index contributed by atoms with van der Waals surface area (Å²) in [6.45, 7) is 0.231. The number of aromatic nitrogens is 1. The van der Waals surface area contributed by atoms with Crippen molar-refractivity contribution >= 4 is 17.7 Å². The molecule has 3 heterocycles. The summed E-state index contributed by atoms with van der Waals surface area (Å²) in [5.74, 6) is -1.68. The number of amides is 3. The molecule has 24 heavy (non-hydrogen) atoms. The van der Waals surface area contributed by atoms with Crippen molar-refractivity contribution < 1.29 is 18.8 Å². The number of hydrogen-bond donors (Lipinski definition) is 1. The van der Waals surface area contributed by atoms with E-state index in [1.807, 2.05) is 0 Å². The Kier molecular flexibility index (Phi) is 3.23. The van der Waals surface area contributed by atoms with Gasteiger partial charge in [0.15, 0.2) is 0 Å². The molecule has 1 fully saturated rings. The van der Waals surface area contributed by atoms with Gasteiger partial charge in [-0.2, -0.15) is 0 Å². The van der Waals surface area contributed by atoms with Gasteiger partial charge in [0, 0.05) is 30.9 Å². The minimum absolute atomic E-state index is 0.194. The second-order valence-corrected chi connectivity index (χ2v) is 5.95. The molecule has 0 saturated carbocycles. The predicted molar refractivity (Wildman–Crippen MR) is 81.8 cm³/mol. The number of nitrogens with one attached hydrogen (secondary N) is 1. The van der Waals surface area contributed by atoms with Crippen LogP contribution in [0.15, 0.2) is 36.7 Å². The van der Waals surface area contributed by atoms with E-state index in [0.29, 0.717) is 11.3 Å². The number of fused-ring (bicyclic) bond motifs is 1. The van der Waals surface area contributed by atoms with Crippen LogP contribution in [0.3, 0.4) is 0 Å². The molecule has 0 radical (unpaired) electrons. The molecule has 0 aliphatic carbocycles.